The first-order chi connectivity index (χ1) is 14.8. The van der Waals surface area contributed by atoms with E-state index in [1.54, 1.807) is 11.8 Å². The molecule has 0 aromatic heterocycles. The fourth-order valence-electron chi connectivity index (χ4n) is 4.76. The maximum atomic E-state index is 12.9. The number of benzene rings is 2. The van der Waals surface area contributed by atoms with Crippen LogP contribution in [0.25, 0.3) is 0 Å². The first-order valence-corrected chi connectivity index (χ1v) is 11.4. The van der Waals surface area contributed by atoms with Crippen molar-refractivity contribution < 1.29 is 19.8 Å². The zero-order valence-corrected chi connectivity index (χ0v) is 19.0. The van der Waals surface area contributed by atoms with E-state index in [-0.39, 0.29) is 12.0 Å². The molecule has 2 aromatic carbocycles. The number of nitrogens with zero attached hydrogens (tertiary/aromatic N) is 1. The Labute approximate surface area is 190 Å². The van der Waals surface area contributed by atoms with Crippen molar-refractivity contribution in [3.8, 4) is 0 Å². The summed E-state index contributed by atoms with van der Waals surface area (Å²) in [6.45, 7) is 2.81. The molecule has 1 fully saturated rings. The molecule has 2 aromatic rings. The van der Waals surface area contributed by atoms with Crippen molar-refractivity contribution in [3.63, 3.8) is 0 Å². The minimum absolute atomic E-state index is 0.240. The first-order valence-electron chi connectivity index (χ1n) is 10.6. The lowest BCUT2D eigenvalue weighted by molar-refractivity contribution is -0.154. The Bertz CT molecular complexity index is 964. The van der Waals surface area contributed by atoms with Gasteiger partial charge in [-0.2, -0.15) is 0 Å². The average molecular weight is 487 g/mol. The van der Waals surface area contributed by atoms with Crippen LogP contribution in [-0.2, 0) is 16.0 Å². The molecule has 1 heterocycles. The molecule has 4 rings (SSSR count). The molecule has 164 valence electrons. The van der Waals surface area contributed by atoms with Crippen molar-refractivity contribution in [2.45, 2.75) is 43.9 Å². The monoisotopic (exact) mass is 486 g/mol. The van der Waals surface area contributed by atoms with Gasteiger partial charge in [-0.05, 0) is 54.5 Å². The second kappa shape index (κ2) is 9.10. The van der Waals surface area contributed by atoms with Crippen LogP contribution in [0.4, 0.5) is 0 Å². The van der Waals surface area contributed by atoms with Gasteiger partial charge in [0.2, 0.25) is 0 Å². The van der Waals surface area contributed by atoms with Crippen molar-refractivity contribution in [2.24, 2.45) is 5.92 Å². The van der Waals surface area contributed by atoms with Crippen LogP contribution in [0.1, 0.15) is 42.0 Å². The molecule has 0 saturated carbocycles. The molecule has 0 bridgehead atoms. The number of aliphatic hydroxyl groups excluding tert-OH is 2. The van der Waals surface area contributed by atoms with Crippen LogP contribution in [0.5, 0.6) is 0 Å². The third-order valence-corrected chi connectivity index (χ3v) is 7.08. The van der Waals surface area contributed by atoms with Crippen molar-refractivity contribution >= 4 is 27.7 Å². The van der Waals surface area contributed by atoms with Gasteiger partial charge < -0.3 is 20.4 Å². The predicted molar refractivity (Wildman–Crippen MR) is 120 cm³/mol. The van der Waals surface area contributed by atoms with E-state index in [9.17, 15) is 19.8 Å². The molecule has 2 aliphatic rings. The minimum Gasteiger partial charge on any atom is -0.380 e. The number of hydrogen-bond acceptors (Lipinski definition) is 4. The minimum atomic E-state index is -1.82. The van der Waals surface area contributed by atoms with E-state index >= 15 is 0 Å². The molecule has 1 aliphatic carbocycles. The lowest BCUT2D eigenvalue weighted by Gasteiger charge is -2.37. The Morgan fingerprint density at radius 1 is 1.10 bits per heavy atom. The summed E-state index contributed by atoms with van der Waals surface area (Å²) in [5.41, 5.74) is 3.45. The Morgan fingerprint density at radius 2 is 1.81 bits per heavy atom. The van der Waals surface area contributed by atoms with E-state index in [0.717, 1.165) is 22.9 Å². The zero-order chi connectivity index (χ0) is 22.1. The number of amides is 2. The highest BCUT2D eigenvalue weighted by atomic mass is 79.9. The van der Waals surface area contributed by atoms with Gasteiger partial charge in [0.25, 0.3) is 11.8 Å². The Kier molecular flexibility index (Phi) is 6.46. The summed E-state index contributed by atoms with van der Waals surface area (Å²) < 4.78 is 0.921. The van der Waals surface area contributed by atoms with Gasteiger partial charge >= 0.3 is 0 Å². The highest BCUT2D eigenvalue weighted by Gasteiger charge is 2.41. The molecule has 0 radical (unpaired) electrons. The number of halogens is 1. The Hall–Kier alpha value is -2.22. The van der Waals surface area contributed by atoms with Gasteiger partial charge in [0.15, 0.2) is 12.2 Å². The van der Waals surface area contributed by atoms with E-state index < -0.39 is 24.0 Å². The first kappa shape index (κ1) is 22.0. The molecular weight excluding hydrogens is 460 g/mol. The van der Waals surface area contributed by atoms with Gasteiger partial charge in [0, 0.05) is 23.5 Å². The molecule has 1 aliphatic heterocycles. The fourth-order valence-corrected chi connectivity index (χ4v) is 5.03. The van der Waals surface area contributed by atoms with Gasteiger partial charge in [0.05, 0.1) is 6.04 Å². The SMILES string of the molecule is CC(NC(=O)C(O)C(O)C(=O)N1CCC2Cc3ccccc3C2C1)c1ccc(Br)cc1. The van der Waals surface area contributed by atoms with E-state index in [1.165, 1.54) is 11.1 Å². The van der Waals surface area contributed by atoms with E-state index in [2.05, 4.69) is 33.4 Å². The van der Waals surface area contributed by atoms with E-state index in [0.29, 0.717) is 19.0 Å². The molecule has 1 saturated heterocycles. The lowest BCUT2D eigenvalue weighted by Crippen LogP contribution is -2.53. The van der Waals surface area contributed by atoms with Gasteiger partial charge in [-0.15, -0.1) is 0 Å². The molecule has 0 spiro atoms. The number of carbonyl (C=O) groups excluding carboxylic acids is 2. The smallest absolute Gasteiger partial charge is 0.254 e. The molecule has 5 unspecified atom stereocenters. The van der Waals surface area contributed by atoms with Gasteiger partial charge in [-0.25, -0.2) is 0 Å². The second-order valence-corrected chi connectivity index (χ2v) is 9.43. The van der Waals surface area contributed by atoms with E-state index in [4.69, 9.17) is 0 Å². The number of rotatable bonds is 5. The van der Waals surface area contributed by atoms with Crippen molar-refractivity contribution in [3.05, 3.63) is 69.7 Å². The second-order valence-electron chi connectivity index (χ2n) is 8.51. The predicted octanol–water partition coefficient (Wildman–Crippen LogP) is 2.54. The summed E-state index contributed by atoms with van der Waals surface area (Å²) in [5.74, 6) is -0.623. The molecule has 7 heteroatoms. The molecule has 2 amide bonds. The van der Waals surface area contributed by atoms with Crippen LogP contribution in [0, 0.1) is 5.92 Å². The van der Waals surface area contributed by atoms with Crippen molar-refractivity contribution in [1.29, 1.82) is 0 Å². The van der Waals surface area contributed by atoms with Crippen molar-refractivity contribution in [2.75, 3.05) is 13.1 Å². The standard InChI is InChI=1S/C24H27BrN2O4/c1-14(15-6-8-18(25)9-7-15)26-23(30)21(28)22(29)24(31)27-11-10-17-12-16-4-2-3-5-19(16)20(17)13-27/h2-9,14,17,20-22,28-29H,10-13H2,1H3,(H,26,30). The summed E-state index contributed by atoms with van der Waals surface area (Å²) in [6, 6.07) is 15.3. The maximum Gasteiger partial charge on any atom is 0.254 e. The van der Waals surface area contributed by atoms with Crippen LogP contribution in [0.2, 0.25) is 0 Å². The topological polar surface area (TPSA) is 89.9 Å². The van der Waals surface area contributed by atoms with Gasteiger partial charge in [0.1, 0.15) is 0 Å². The summed E-state index contributed by atoms with van der Waals surface area (Å²) in [6.07, 6.45) is -1.74. The van der Waals surface area contributed by atoms with Crippen LogP contribution < -0.4 is 5.32 Å². The summed E-state index contributed by atoms with van der Waals surface area (Å²) >= 11 is 3.36. The summed E-state index contributed by atoms with van der Waals surface area (Å²) in [5, 5.41) is 23.5. The molecule has 6 nitrogen and oxygen atoms in total. The number of fused-ring (bicyclic) bond motifs is 3. The van der Waals surface area contributed by atoms with Crippen LogP contribution in [0.15, 0.2) is 53.0 Å². The molecular formula is C24H27BrN2O4. The highest BCUT2D eigenvalue weighted by Crippen LogP contribution is 2.42. The summed E-state index contributed by atoms with van der Waals surface area (Å²) in [7, 11) is 0. The number of nitrogens with one attached hydrogen (secondary N) is 1. The van der Waals surface area contributed by atoms with Crippen molar-refractivity contribution in [1.82, 2.24) is 10.2 Å². The zero-order valence-electron chi connectivity index (χ0n) is 17.4. The molecule has 3 N–H and O–H groups in total. The quantitative estimate of drug-likeness (QED) is 0.605. The number of carbonyl (C=O) groups is 2. The molecule has 5 atom stereocenters. The largest absolute Gasteiger partial charge is 0.380 e. The maximum absolute atomic E-state index is 12.9. The summed E-state index contributed by atoms with van der Waals surface area (Å²) in [4.78, 5) is 26.9. The van der Waals surface area contributed by atoms with Crippen LogP contribution in [-0.4, -0.2) is 52.2 Å². The van der Waals surface area contributed by atoms with Crippen LogP contribution >= 0.6 is 15.9 Å². The lowest BCUT2D eigenvalue weighted by atomic mass is 9.86. The van der Waals surface area contributed by atoms with E-state index in [1.807, 2.05) is 36.4 Å². The average Bonchev–Trinajstić information content (AvgIpc) is 3.15. The highest BCUT2D eigenvalue weighted by molar-refractivity contribution is 9.10. The third-order valence-electron chi connectivity index (χ3n) is 6.55. The number of likely N-dealkylation sites (tertiary alicyclic amines) is 1. The number of aliphatic hydroxyl groups is 2. The Balaban J connectivity index is 1.37. The van der Waals surface area contributed by atoms with Gasteiger partial charge in [-0.1, -0.05) is 52.3 Å². The van der Waals surface area contributed by atoms with Gasteiger partial charge in [-0.3, -0.25) is 9.59 Å². The normalized spacial score (nSPS) is 22.8. The number of hydrogen-bond donors (Lipinski definition) is 3. The van der Waals surface area contributed by atoms with Crippen LogP contribution in [0.3, 0.4) is 0 Å². The molecule has 31 heavy (non-hydrogen) atoms. The third kappa shape index (κ3) is 4.54. The number of piperidine rings is 1. The fraction of sp³-hybridized carbons (Fsp3) is 0.417. The Morgan fingerprint density at radius 3 is 2.55 bits per heavy atom.